The van der Waals surface area contributed by atoms with E-state index in [0.717, 1.165) is 6.07 Å². The lowest BCUT2D eigenvalue weighted by atomic mass is 10.1. The van der Waals surface area contributed by atoms with Gasteiger partial charge < -0.3 is 0 Å². The predicted molar refractivity (Wildman–Crippen MR) is 90.9 cm³/mol. The van der Waals surface area contributed by atoms with Crippen LogP contribution in [0.1, 0.15) is 11.1 Å². The van der Waals surface area contributed by atoms with Crippen molar-refractivity contribution in [1.82, 2.24) is 0 Å². The van der Waals surface area contributed by atoms with Crippen molar-refractivity contribution >= 4 is 19.7 Å². The molecule has 0 heterocycles. The predicted octanol–water partition coefficient (Wildman–Crippen LogP) is 3.93. The van der Waals surface area contributed by atoms with Crippen molar-refractivity contribution in [3.63, 3.8) is 0 Å². The van der Waals surface area contributed by atoms with Gasteiger partial charge in [0.15, 0.2) is 31.2 Å². The van der Waals surface area contributed by atoms with Gasteiger partial charge in [0.2, 0.25) is 0 Å². The third kappa shape index (κ3) is 4.42. The molecule has 0 bridgehead atoms. The smallest absolute Gasteiger partial charge is 0.223 e. The highest BCUT2D eigenvalue weighted by molar-refractivity contribution is 7.94. The van der Waals surface area contributed by atoms with Gasteiger partial charge in [0.1, 0.15) is 0 Å². The van der Waals surface area contributed by atoms with Gasteiger partial charge in [-0.05, 0) is 34.7 Å². The maximum Gasteiger partial charge on any atom is 0.403 e. The van der Waals surface area contributed by atoms with Crippen LogP contribution in [-0.2, 0) is 26.1 Å². The van der Waals surface area contributed by atoms with E-state index in [1.807, 2.05) is 0 Å². The molecule has 0 atom stereocenters. The number of halogens is 6. The molecule has 0 spiro atoms. The fourth-order valence-corrected chi connectivity index (χ4v) is 6.87. The highest BCUT2D eigenvalue weighted by Crippen LogP contribution is 2.43. The van der Waals surface area contributed by atoms with Crippen LogP contribution in [0.3, 0.4) is 0 Å². The van der Waals surface area contributed by atoms with Crippen molar-refractivity contribution in [2.75, 3.05) is 11.5 Å². The van der Waals surface area contributed by atoms with Gasteiger partial charge in [-0.3, -0.25) is 0 Å². The van der Waals surface area contributed by atoms with Crippen molar-refractivity contribution in [2.24, 2.45) is 0 Å². The molecule has 0 saturated heterocycles. The fourth-order valence-electron chi connectivity index (χ4n) is 3.33. The van der Waals surface area contributed by atoms with E-state index < -0.39 is 53.3 Å². The van der Waals surface area contributed by atoms with Gasteiger partial charge in [0.25, 0.3) is 0 Å². The average molecular weight is 458 g/mol. The number of sulfone groups is 2. The van der Waals surface area contributed by atoms with E-state index in [1.165, 1.54) is 0 Å². The number of alkyl halides is 6. The molecule has 29 heavy (non-hydrogen) atoms. The molecule has 3 rings (SSSR count). The minimum Gasteiger partial charge on any atom is -0.223 e. The number of fused-ring (bicyclic) bond motifs is 3. The van der Waals surface area contributed by atoms with Crippen LogP contribution in [0.15, 0.2) is 46.2 Å². The Hall–Kier alpha value is -2.08. The molecule has 2 aromatic rings. The van der Waals surface area contributed by atoms with Crippen molar-refractivity contribution in [3.8, 4) is 11.1 Å². The summed E-state index contributed by atoms with van der Waals surface area (Å²) in [5.41, 5.74) is 0.924. The van der Waals surface area contributed by atoms with E-state index in [2.05, 4.69) is 0 Å². The SMILES string of the molecule is O=S(=O)(CC(F)(F)F)c1ccc2c(c1S(=O)(=O)CC(F)(F)F)Cc1ccccc1-2. The number of hydrogen-bond acceptors (Lipinski definition) is 4. The zero-order valence-corrected chi connectivity index (χ0v) is 15.9. The van der Waals surface area contributed by atoms with Crippen molar-refractivity contribution in [1.29, 1.82) is 0 Å². The molecule has 0 aliphatic heterocycles. The van der Waals surface area contributed by atoms with E-state index in [0.29, 0.717) is 17.2 Å². The molecule has 0 saturated carbocycles. The minimum atomic E-state index is -5.30. The van der Waals surface area contributed by atoms with Crippen LogP contribution in [0.2, 0.25) is 0 Å². The topological polar surface area (TPSA) is 68.3 Å². The summed E-state index contributed by atoms with van der Waals surface area (Å²) in [6.07, 6.45) is -10.6. The van der Waals surface area contributed by atoms with E-state index in [9.17, 15) is 43.2 Å². The monoisotopic (exact) mass is 458 g/mol. The summed E-state index contributed by atoms with van der Waals surface area (Å²) < 4.78 is 126. The molecular weight excluding hydrogens is 446 g/mol. The standard InChI is InChI=1S/C17H12F6O4S2/c18-16(19,20)8-28(24,25)14-6-5-12-11-4-2-1-3-10(11)7-13(12)15(14)29(26,27)9-17(21,22)23/h1-6H,7-9H2. The van der Waals surface area contributed by atoms with Crippen molar-refractivity contribution in [3.05, 3.63) is 47.5 Å². The summed E-state index contributed by atoms with van der Waals surface area (Å²) in [5, 5.41) is 0. The Morgan fingerprint density at radius 3 is 1.86 bits per heavy atom. The summed E-state index contributed by atoms with van der Waals surface area (Å²) in [5.74, 6) is -4.78. The summed E-state index contributed by atoms with van der Waals surface area (Å²) in [6, 6.07) is 8.06. The molecule has 0 fully saturated rings. The second-order valence-electron chi connectivity index (χ2n) is 6.50. The summed E-state index contributed by atoms with van der Waals surface area (Å²) in [7, 11) is -10.6. The van der Waals surface area contributed by atoms with Crippen LogP contribution < -0.4 is 0 Å². The quantitative estimate of drug-likeness (QED) is 0.556. The minimum absolute atomic E-state index is 0.173. The number of rotatable bonds is 4. The lowest BCUT2D eigenvalue weighted by molar-refractivity contribution is -0.107. The summed E-state index contributed by atoms with van der Waals surface area (Å²) in [6.45, 7) is 0. The third-order valence-corrected chi connectivity index (χ3v) is 7.90. The lowest BCUT2D eigenvalue weighted by Gasteiger charge is -2.17. The van der Waals surface area contributed by atoms with Gasteiger partial charge in [0.05, 0.1) is 9.79 Å². The molecule has 0 N–H and O–H groups in total. The molecular formula is C17H12F6O4S2. The number of benzene rings is 2. The Kier molecular flexibility index (Phi) is 5.02. The Morgan fingerprint density at radius 2 is 1.28 bits per heavy atom. The van der Waals surface area contributed by atoms with E-state index in [4.69, 9.17) is 0 Å². The molecule has 0 amide bonds. The molecule has 1 aliphatic rings. The second kappa shape index (κ2) is 6.73. The van der Waals surface area contributed by atoms with Crippen LogP contribution in [0.5, 0.6) is 0 Å². The van der Waals surface area contributed by atoms with Gasteiger partial charge in [0, 0.05) is 0 Å². The van der Waals surface area contributed by atoms with E-state index >= 15 is 0 Å². The first-order chi connectivity index (χ1) is 13.1. The summed E-state index contributed by atoms with van der Waals surface area (Å²) in [4.78, 5) is -2.49. The van der Waals surface area contributed by atoms with Gasteiger partial charge in [-0.2, -0.15) is 26.3 Å². The molecule has 12 heteroatoms. The van der Waals surface area contributed by atoms with Crippen LogP contribution in [0.25, 0.3) is 11.1 Å². The Balaban J connectivity index is 2.31. The van der Waals surface area contributed by atoms with Gasteiger partial charge in [-0.25, -0.2) is 16.8 Å². The largest absolute Gasteiger partial charge is 0.403 e. The zero-order valence-electron chi connectivity index (χ0n) is 14.3. The van der Waals surface area contributed by atoms with Gasteiger partial charge >= 0.3 is 12.4 Å². The number of hydrogen-bond donors (Lipinski definition) is 0. The first-order valence-corrected chi connectivity index (χ1v) is 11.2. The molecule has 0 radical (unpaired) electrons. The van der Waals surface area contributed by atoms with Gasteiger partial charge in [-0.1, -0.05) is 30.3 Å². The van der Waals surface area contributed by atoms with Crippen LogP contribution in [0.4, 0.5) is 26.3 Å². The average Bonchev–Trinajstić information content (AvgIpc) is 2.87. The first-order valence-electron chi connectivity index (χ1n) is 7.94. The first kappa shape index (κ1) is 21.6. The molecule has 158 valence electrons. The van der Waals surface area contributed by atoms with Crippen LogP contribution in [-0.4, -0.2) is 40.7 Å². The van der Waals surface area contributed by atoms with Gasteiger partial charge in [-0.15, -0.1) is 0 Å². The highest BCUT2D eigenvalue weighted by atomic mass is 32.2. The molecule has 2 aromatic carbocycles. The highest BCUT2D eigenvalue weighted by Gasteiger charge is 2.43. The molecule has 0 unspecified atom stereocenters. The maximum absolute atomic E-state index is 12.8. The van der Waals surface area contributed by atoms with Crippen molar-refractivity contribution in [2.45, 2.75) is 28.6 Å². The fraction of sp³-hybridized carbons (Fsp3) is 0.294. The Labute approximate surface area is 162 Å². The second-order valence-corrected chi connectivity index (χ2v) is 10.4. The normalized spacial score (nSPS) is 14.6. The van der Waals surface area contributed by atoms with Crippen LogP contribution >= 0.6 is 0 Å². The summed E-state index contributed by atoms with van der Waals surface area (Å²) >= 11 is 0. The Bertz CT molecular complexity index is 1180. The molecule has 1 aliphatic carbocycles. The zero-order chi connectivity index (χ0) is 21.8. The van der Waals surface area contributed by atoms with Crippen molar-refractivity contribution < 1.29 is 43.2 Å². The third-order valence-electron chi connectivity index (χ3n) is 4.25. The van der Waals surface area contributed by atoms with Crippen LogP contribution in [0, 0.1) is 0 Å². The van der Waals surface area contributed by atoms with E-state index in [1.54, 1.807) is 24.3 Å². The molecule has 0 aromatic heterocycles. The maximum atomic E-state index is 12.8. The Morgan fingerprint density at radius 1 is 0.724 bits per heavy atom. The van der Waals surface area contributed by atoms with E-state index in [-0.39, 0.29) is 17.5 Å². The molecule has 4 nitrogen and oxygen atoms in total. The lowest BCUT2D eigenvalue weighted by Crippen LogP contribution is -2.28.